The van der Waals surface area contributed by atoms with Gasteiger partial charge in [-0.3, -0.25) is 0 Å². The van der Waals surface area contributed by atoms with Crippen LogP contribution in [-0.2, 0) is 17.4 Å². The zero-order valence-corrected chi connectivity index (χ0v) is 16.1. The second-order valence-electron chi connectivity index (χ2n) is 8.11. The largest absolute Gasteiger partial charge is 0.496 e. The van der Waals surface area contributed by atoms with Crippen molar-refractivity contribution in [3.63, 3.8) is 0 Å². The molecule has 26 heavy (non-hydrogen) atoms. The van der Waals surface area contributed by atoms with Crippen LogP contribution in [0.2, 0.25) is 0 Å². The molecule has 2 unspecified atom stereocenters. The van der Waals surface area contributed by atoms with Crippen molar-refractivity contribution in [1.29, 1.82) is 0 Å². The Morgan fingerprint density at radius 1 is 1.08 bits per heavy atom. The molecule has 2 nitrogen and oxygen atoms in total. The molecular weight excluding hydrogens is 318 g/mol. The maximum Gasteiger partial charge on any atom is 0.217 e. The van der Waals surface area contributed by atoms with Crippen molar-refractivity contribution in [2.75, 3.05) is 7.11 Å². The molecule has 2 atom stereocenters. The van der Waals surface area contributed by atoms with Crippen molar-refractivity contribution in [3.05, 3.63) is 53.2 Å². The van der Waals surface area contributed by atoms with Gasteiger partial charge in [0.1, 0.15) is 5.75 Å². The molecule has 0 spiro atoms. The summed E-state index contributed by atoms with van der Waals surface area (Å²) in [6, 6.07) is 11.4. The van der Waals surface area contributed by atoms with Crippen LogP contribution in [0.3, 0.4) is 0 Å². The molecule has 134 valence electrons. The van der Waals surface area contributed by atoms with E-state index in [0.717, 1.165) is 18.6 Å². The number of benzene rings is 1. The highest BCUT2D eigenvalue weighted by Crippen LogP contribution is 2.63. The minimum absolute atomic E-state index is 0.198. The summed E-state index contributed by atoms with van der Waals surface area (Å²) >= 11 is 0. The number of allylic oxidation sites excluding steroid dienone is 1. The fraction of sp³-hybridized carbons (Fsp3) is 0.458. The number of fused-ring (bicyclic) bond motifs is 8. The number of aryl methyl sites for hydroxylation is 1. The lowest BCUT2D eigenvalue weighted by Crippen LogP contribution is -2.76. The van der Waals surface area contributed by atoms with Gasteiger partial charge in [-0.15, -0.1) is 0 Å². The Balaban J connectivity index is 1.94. The van der Waals surface area contributed by atoms with Crippen LogP contribution in [0, 0.1) is 0 Å². The van der Waals surface area contributed by atoms with Crippen molar-refractivity contribution in [3.8, 4) is 17.0 Å². The van der Waals surface area contributed by atoms with E-state index in [1.807, 2.05) is 0 Å². The van der Waals surface area contributed by atoms with E-state index < -0.39 is 0 Å². The molecule has 1 aromatic carbocycles. The van der Waals surface area contributed by atoms with Gasteiger partial charge in [0.2, 0.25) is 11.4 Å². The lowest BCUT2D eigenvalue weighted by Gasteiger charge is -2.58. The second-order valence-corrected chi connectivity index (χ2v) is 8.11. The summed E-state index contributed by atoms with van der Waals surface area (Å²) in [4.78, 5) is 0. The van der Waals surface area contributed by atoms with Crippen molar-refractivity contribution in [2.45, 2.75) is 63.3 Å². The lowest BCUT2D eigenvalue weighted by atomic mass is 9.47. The maximum absolute atomic E-state index is 5.85. The molecule has 2 heterocycles. The van der Waals surface area contributed by atoms with E-state index in [-0.39, 0.29) is 11.0 Å². The first-order valence-electron chi connectivity index (χ1n) is 10.2. The Labute approximate surface area is 156 Å². The van der Waals surface area contributed by atoms with Crippen LogP contribution in [0.1, 0.15) is 62.8 Å². The third-order valence-corrected chi connectivity index (χ3v) is 7.60. The van der Waals surface area contributed by atoms with Gasteiger partial charge in [0, 0.05) is 30.5 Å². The van der Waals surface area contributed by atoms with Crippen molar-refractivity contribution < 1.29 is 9.30 Å². The zero-order chi connectivity index (χ0) is 17.9. The Bertz CT molecular complexity index is 920. The first kappa shape index (κ1) is 16.1. The summed E-state index contributed by atoms with van der Waals surface area (Å²) in [6.07, 6.45) is 11.9. The summed E-state index contributed by atoms with van der Waals surface area (Å²) in [5.41, 5.74) is 7.53. The van der Waals surface area contributed by atoms with E-state index in [2.05, 4.69) is 60.9 Å². The van der Waals surface area contributed by atoms with Gasteiger partial charge < -0.3 is 4.74 Å². The number of hydrogen-bond donors (Lipinski definition) is 0. The van der Waals surface area contributed by atoms with Gasteiger partial charge in [0.05, 0.1) is 18.1 Å². The number of rotatable bonds is 3. The Morgan fingerprint density at radius 3 is 2.65 bits per heavy atom. The third kappa shape index (κ3) is 1.66. The predicted molar refractivity (Wildman–Crippen MR) is 105 cm³/mol. The normalized spacial score (nSPS) is 27.7. The average Bonchev–Trinajstić information content (AvgIpc) is 2.68. The molecule has 0 saturated heterocycles. The lowest BCUT2D eigenvalue weighted by molar-refractivity contribution is -0.785. The molecule has 1 fully saturated rings. The van der Waals surface area contributed by atoms with Crippen molar-refractivity contribution in [2.24, 2.45) is 0 Å². The first-order chi connectivity index (χ1) is 12.7. The van der Waals surface area contributed by atoms with E-state index in [0.29, 0.717) is 0 Å². The quantitative estimate of drug-likeness (QED) is 0.699. The number of aromatic nitrogens is 1. The zero-order valence-electron chi connectivity index (χ0n) is 16.1. The number of methoxy groups -OCH3 is 1. The number of hydrogen-bond acceptors (Lipinski definition) is 1. The van der Waals surface area contributed by atoms with Crippen molar-refractivity contribution in [1.82, 2.24) is 0 Å². The van der Waals surface area contributed by atoms with Crippen LogP contribution >= 0.6 is 0 Å². The van der Waals surface area contributed by atoms with Crippen LogP contribution in [0.4, 0.5) is 0 Å². The SMILES string of the molecule is CCC12CCC1(CC)[n+]1c(ccc3c1C=CCC3)-c1c(OC)cccc12. The Kier molecular flexibility index (Phi) is 3.38. The molecule has 1 saturated carbocycles. The maximum atomic E-state index is 5.85. The van der Waals surface area contributed by atoms with Gasteiger partial charge in [0.25, 0.3) is 0 Å². The highest BCUT2D eigenvalue weighted by atomic mass is 16.5. The molecule has 5 rings (SSSR count). The highest BCUT2D eigenvalue weighted by Gasteiger charge is 2.69. The summed E-state index contributed by atoms with van der Waals surface area (Å²) in [5.74, 6) is 1.01. The van der Waals surface area contributed by atoms with Crippen LogP contribution in [0.25, 0.3) is 17.3 Å². The van der Waals surface area contributed by atoms with E-state index in [4.69, 9.17) is 4.74 Å². The molecule has 1 aromatic heterocycles. The Hall–Kier alpha value is -2.09. The topological polar surface area (TPSA) is 13.1 Å². The number of pyridine rings is 1. The van der Waals surface area contributed by atoms with E-state index >= 15 is 0 Å². The minimum atomic E-state index is 0.198. The highest BCUT2D eigenvalue weighted by molar-refractivity contribution is 5.74. The molecule has 0 amide bonds. The average molecular weight is 346 g/mol. The first-order valence-corrected chi connectivity index (χ1v) is 10.2. The number of nitrogens with zero attached hydrogens (tertiary/aromatic N) is 1. The molecule has 0 radical (unpaired) electrons. The third-order valence-electron chi connectivity index (χ3n) is 7.60. The Morgan fingerprint density at radius 2 is 1.96 bits per heavy atom. The molecule has 2 aromatic rings. The molecule has 3 aliphatic rings. The van der Waals surface area contributed by atoms with E-state index in [1.165, 1.54) is 53.8 Å². The molecule has 2 heteroatoms. The van der Waals surface area contributed by atoms with E-state index in [9.17, 15) is 0 Å². The van der Waals surface area contributed by atoms with Crippen LogP contribution in [0.5, 0.6) is 5.75 Å². The number of ether oxygens (including phenoxy) is 1. The second kappa shape index (κ2) is 5.45. The monoisotopic (exact) mass is 346 g/mol. The van der Waals surface area contributed by atoms with Gasteiger partial charge in [0.15, 0.2) is 5.54 Å². The van der Waals surface area contributed by atoms with Gasteiger partial charge in [-0.1, -0.05) is 32.1 Å². The molecular formula is C24H28NO+. The standard InChI is InChI=1S/C24H28NO/c1-4-23-15-16-24(23,5-2)25-19-11-7-6-9-17(19)13-14-20(25)22-18(23)10-8-12-21(22)26-3/h7-8,10-14H,4-6,9,15-16H2,1-3H3/q+1. The van der Waals surface area contributed by atoms with Gasteiger partial charge in [-0.05, 0) is 43.4 Å². The molecule has 0 bridgehead atoms. The summed E-state index contributed by atoms with van der Waals surface area (Å²) < 4.78 is 8.56. The smallest absolute Gasteiger partial charge is 0.217 e. The van der Waals surface area contributed by atoms with Crippen LogP contribution in [0.15, 0.2) is 36.4 Å². The van der Waals surface area contributed by atoms with Gasteiger partial charge >= 0.3 is 0 Å². The van der Waals surface area contributed by atoms with Crippen LogP contribution < -0.4 is 9.30 Å². The van der Waals surface area contributed by atoms with Crippen molar-refractivity contribution >= 4 is 6.08 Å². The van der Waals surface area contributed by atoms with Gasteiger partial charge in [-0.2, -0.15) is 4.57 Å². The molecule has 0 N–H and O–H groups in total. The predicted octanol–water partition coefficient (Wildman–Crippen LogP) is 5.17. The molecule has 2 aliphatic carbocycles. The van der Waals surface area contributed by atoms with Crippen LogP contribution in [-0.4, -0.2) is 7.11 Å². The summed E-state index contributed by atoms with van der Waals surface area (Å²) in [6.45, 7) is 4.76. The summed E-state index contributed by atoms with van der Waals surface area (Å²) in [5, 5.41) is 0. The fourth-order valence-electron chi connectivity index (χ4n) is 6.26. The molecule has 1 aliphatic heterocycles. The minimum Gasteiger partial charge on any atom is -0.496 e. The van der Waals surface area contributed by atoms with Gasteiger partial charge in [-0.25, -0.2) is 0 Å². The summed E-state index contributed by atoms with van der Waals surface area (Å²) in [7, 11) is 1.80. The fourth-order valence-corrected chi connectivity index (χ4v) is 6.26. The van der Waals surface area contributed by atoms with E-state index in [1.54, 1.807) is 7.11 Å².